The molecule has 4 rings (SSSR count). The van der Waals surface area contributed by atoms with Crippen LogP contribution in [0.15, 0.2) is 22.7 Å². The van der Waals surface area contributed by atoms with E-state index in [0.717, 1.165) is 24.8 Å². The van der Waals surface area contributed by atoms with Gasteiger partial charge in [-0.3, -0.25) is 4.79 Å². The minimum absolute atomic E-state index is 0.135. The molecule has 0 saturated carbocycles. The Labute approximate surface area is 138 Å². The summed E-state index contributed by atoms with van der Waals surface area (Å²) in [6.45, 7) is 1.05. The molecule has 2 aliphatic heterocycles. The van der Waals surface area contributed by atoms with Gasteiger partial charge in [0.05, 0.1) is 6.54 Å². The van der Waals surface area contributed by atoms with E-state index >= 15 is 0 Å². The molecule has 0 spiro atoms. The Bertz CT molecular complexity index is 739. The van der Waals surface area contributed by atoms with Gasteiger partial charge in [0.15, 0.2) is 17.3 Å². The molecule has 1 aromatic carbocycles. The van der Waals surface area contributed by atoms with Crippen LogP contribution in [0.3, 0.4) is 0 Å². The number of carbonyl (C=O) groups excluding carboxylic acids is 1. The third-order valence-corrected chi connectivity index (χ3v) is 3.98. The molecule has 126 valence electrons. The van der Waals surface area contributed by atoms with Gasteiger partial charge < -0.3 is 24.1 Å². The highest BCUT2D eigenvalue weighted by atomic mass is 16.7. The lowest BCUT2D eigenvalue weighted by atomic mass is 10.1. The lowest BCUT2D eigenvalue weighted by Crippen LogP contribution is -2.38. The van der Waals surface area contributed by atoms with Crippen molar-refractivity contribution < 1.29 is 23.5 Å². The third-order valence-electron chi connectivity index (χ3n) is 3.98. The first kappa shape index (κ1) is 14.9. The molecule has 1 amide bonds. The molecule has 3 heterocycles. The number of nitrogens with one attached hydrogen (secondary N) is 1. The Balaban J connectivity index is 1.39. The van der Waals surface area contributed by atoms with Crippen LogP contribution in [-0.2, 0) is 16.1 Å². The summed E-state index contributed by atoms with van der Waals surface area (Å²) in [6, 6.07) is 5.40. The molecule has 8 nitrogen and oxygen atoms in total. The smallest absolute Gasteiger partial charge is 0.258 e. The maximum atomic E-state index is 12.0. The van der Waals surface area contributed by atoms with Crippen LogP contribution in [-0.4, -0.2) is 35.6 Å². The van der Waals surface area contributed by atoms with Crippen LogP contribution in [0, 0.1) is 0 Å². The number of rotatable bonds is 4. The monoisotopic (exact) mass is 331 g/mol. The number of fused-ring (bicyclic) bond motifs is 1. The van der Waals surface area contributed by atoms with Crippen molar-refractivity contribution >= 4 is 5.91 Å². The standard InChI is InChI=1S/C16H17N3O5/c20-15(12-3-1-2-6-21-12)17-8-14-18-16(24-19-14)10-4-5-11-13(7-10)23-9-22-11/h4-5,7,12H,1-3,6,8-9H2,(H,17,20)/t12-/m1/s1. The molecule has 2 aliphatic rings. The van der Waals surface area contributed by atoms with Crippen LogP contribution in [0.5, 0.6) is 11.5 Å². The second-order valence-corrected chi connectivity index (χ2v) is 5.66. The van der Waals surface area contributed by atoms with Gasteiger partial charge in [0, 0.05) is 12.2 Å². The Kier molecular flexibility index (Phi) is 4.04. The molecule has 1 saturated heterocycles. The van der Waals surface area contributed by atoms with E-state index in [-0.39, 0.29) is 25.3 Å². The molecule has 24 heavy (non-hydrogen) atoms. The van der Waals surface area contributed by atoms with E-state index in [9.17, 15) is 4.79 Å². The summed E-state index contributed by atoms with van der Waals surface area (Å²) in [4.78, 5) is 16.3. The number of carbonyl (C=O) groups is 1. The summed E-state index contributed by atoms with van der Waals surface area (Å²) in [7, 11) is 0. The fourth-order valence-corrected chi connectivity index (χ4v) is 2.70. The lowest BCUT2D eigenvalue weighted by molar-refractivity contribution is -0.135. The minimum Gasteiger partial charge on any atom is -0.454 e. The van der Waals surface area contributed by atoms with Gasteiger partial charge in [0.25, 0.3) is 5.89 Å². The van der Waals surface area contributed by atoms with E-state index in [4.69, 9.17) is 18.7 Å². The van der Waals surface area contributed by atoms with Crippen LogP contribution in [0.1, 0.15) is 25.1 Å². The molecule has 2 aromatic rings. The molecular formula is C16H17N3O5. The molecule has 1 N–H and O–H groups in total. The molecule has 1 atom stereocenters. The predicted octanol–water partition coefficient (Wildman–Crippen LogP) is 1.65. The lowest BCUT2D eigenvalue weighted by Gasteiger charge is -2.21. The van der Waals surface area contributed by atoms with Crippen LogP contribution < -0.4 is 14.8 Å². The van der Waals surface area contributed by atoms with E-state index in [2.05, 4.69) is 15.5 Å². The van der Waals surface area contributed by atoms with Crippen molar-refractivity contribution in [2.75, 3.05) is 13.4 Å². The van der Waals surface area contributed by atoms with Crippen molar-refractivity contribution in [3.63, 3.8) is 0 Å². The summed E-state index contributed by atoms with van der Waals surface area (Å²) in [5.41, 5.74) is 0.736. The van der Waals surface area contributed by atoms with E-state index in [1.807, 2.05) is 6.07 Å². The summed E-state index contributed by atoms with van der Waals surface area (Å²) in [6.07, 6.45) is 2.39. The number of hydrogen-bond donors (Lipinski definition) is 1. The Morgan fingerprint density at radius 3 is 3.04 bits per heavy atom. The SMILES string of the molecule is O=C(NCc1noc(-c2ccc3c(c2)OCO3)n1)[C@H]1CCCCO1. The van der Waals surface area contributed by atoms with Crippen molar-refractivity contribution in [2.24, 2.45) is 0 Å². The Morgan fingerprint density at radius 2 is 2.17 bits per heavy atom. The van der Waals surface area contributed by atoms with Gasteiger partial charge in [-0.15, -0.1) is 0 Å². The topological polar surface area (TPSA) is 95.7 Å². The normalized spacial score (nSPS) is 19.2. The van der Waals surface area contributed by atoms with E-state index in [1.165, 1.54) is 0 Å². The number of amides is 1. The van der Waals surface area contributed by atoms with Crippen molar-refractivity contribution in [2.45, 2.75) is 31.9 Å². The highest BCUT2D eigenvalue weighted by molar-refractivity contribution is 5.80. The average molecular weight is 331 g/mol. The van der Waals surface area contributed by atoms with Gasteiger partial charge in [0.1, 0.15) is 6.10 Å². The van der Waals surface area contributed by atoms with E-state index in [1.54, 1.807) is 12.1 Å². The minimum atomic E-state index is -0.376. The fourth-order valence-electron chi connectivity index (χ4n) is 2.70. The zero-order valence-corrected chi connectivity index (χ0v) is 13.0. The van der Waals surface area contributed by atoms with Crippen LogP contribution in [0.25, 0.3) is 11.5 Å². The molecule has 8 heteroatoms. The van der Waals surface area contributed by atoms with E-state index in [0.29, 0.717) is 29.8 Å². The van der Waals surface area contributed by atoms with Crippen molar-refractivity contribution in [3.05, 3.63) is 24.0 Å². The molecule has 0 radical (unpaired) electrons. The third kappa shape index (κ3) is 3.05. The highest BCUT2D eigenvalue weighted by Gasteiger charge is 2.22. The van der Waals surface area contributed by atoms with Crippen molar-refractivity contribution in [3.8, 4) is 23.0 Å². The average Bonchev–Trinajstić information content (AvgIpc) is 3.29. The zero-order chi connectivity index (χ0) is 16.4. The van der Waals surface area contributed by atoms with Crippen molar-refractivity contribution in [1.29, 1.82) is 0 Å². The van der Waals surface area contributed by atoms with Crippen LogP contribution >= 0.6 is 0 Å². The van der Waals surface area contributed by atoms with Gasteiger partial charge >= 0.3 is 0 Å². The molecule has 0 aliphatic carbocycles. The summed E-state index contributed by atoms with van der Waals surface area (Å²) < 4.78 is 21.3. The summed E-state index contributed by atoms with van der Waals surface area (Å²) in [5.74, 6) is 1.98. The first-order valence-corrected chi connectivity index (χ1v) is 7.91. The quantitative estimate of drug-likeness (QED) is 0.910. The first-order valence-electron chi connectivity index (χ1n) is 7.91. The van der Waals surface area contributed by atoms with Gasteiger partial charge in [-0.2, -0.15) is 4.98 Å². The predicted molar refractivity (Wildman–Crippen MR) is 81.3 cm³/mol. The zero-order valence-electron chi connectivity index (χ0n) is 13.0. The maximum absolute atomic E-state index is 12.0. The fraction of sp³-hybridized carbons (Fsp3) is 0.438. The number of ether oxygens (including phenoxy) is 3. The van der Waals surface area contributed by atoms with E-state index < -0.39 is 0 Å². The molecule has 0 unspecified atom stereocenters. The largest absolute Gasteiger partial charge is 0.454 e. The molecule has 1 aromatic heterocycles. The van der Waals surface area contributed by atoms with Crippen LogP contribution in [0.2, 0.25) is 0 Å². The second kappa shape index (κ2) is 6.48. The molecule has 0 bridgehead atoms. The second-order valence-electron chi connectivity index (χ2n) is 5.66. The Morgan fingerprint density at radius 1 is 1.25 bits per heavy atom. The number of aromatic nitrogens is 2. The summed E-state index contributed by atoms with van der Waals surface area (Å²) in [5, 5.41) is 6.67. The number of hydrogen-bond acceptors (Lipinski definition) is 7. The highest BCUT2D eigenvalue weighted by Crippen LogP contribution is 2.35. The number of benzene rings is 1. The van der Waals surface area contributed by atoms with Gasteiger partial charge in [-0.25, -0.2) is 0 Å². The Hall–Kier alpha value is -2.61. The van der Waals surface area contributed by atoms with Crippen molar-refractivity contribution in [1.82, 2.24) is 15.5 Å². The summed E-state index contributed by atoms with van der Waals surface area (Å²) >= 11 is 0. The van der Waals surface area contributed by atoms with Gasteiger partial charge in [-0.05, 0) is 37.5 Å². The first-order chi connectivity index (χ1) is 11.8. The number of nitrogens with zero attached hydrogens (tertiary/aromatic N) is 2. The maximum Gasteiger partial charge on any atom is 0.258 e. The van der Waals surface area contributed by atoms with Gasteiger partial charge in [-0.1, -0.05) is 5.16 Å². The molecule has 1 fully saturated rings. The van der Waals surface area contributed by atoms with Gasteiger partial charge in [0.2, 0.25) is 12.7 Å². The van der Waals surface area contributed by atoms with Crippen LogP contribution in [0.4, 0.5) is 0 Å². The molecular weight excluding hydrogens is 314 g/mol.